The summed E-state index contributed by atoms with van der Waals surface area (Å²) in [5.41, 5.74) is 2.11. The summed E-state index contributed by atoms with van der Waals surface area (Å²) in [5.74, 6) is 0.607. The van der Waals surface area contributed by atoms with E-state index in [9.17, 15) is 10.2 Å². The summed E-state index contributed by atoms with van der Waals surface area (Å²) < 4.78 is 18.7. The average Bonchev–Trinajstić information content (AvgIpc) is 3.51. The van der Waals surface area contributed by atoms with Gasteiger partial charge in [-0.25, -0.2) is 15.0 Å². The molecule has 0 aliphatic carbocycles. The Morgan fingerprint density at radius 2 is 2.00 bits per heavy atom. The van der Waals surface area contributed by atoms with E-state index in [1.54, 1.807) is 10.9 Å². The molecule has 2 unspecified atom stereocenters. The lowest BCUT2D eigenvalue weighted by atomic mass is 10.1. The van der Waals surface area contributed by atoms with E-state index >= 15 is 0 Å². The second kappa shape index (κ2) is 8.85. The molecule has 5 atom stereocenters. The van der Waals surface area contributed by atoms with E-state index in [-0.39, 0.29) is 12.6 Å². The van der Waals surface area contributed by atoms with Crippen molar-refractivity contribution in [1.82, 2.24) is 19.5 Å². The maximum Gasteiger partial charge on any atom is 0.167 e. The highest BCUT2D eigenvalue weighted by atomic mass is 16.6. The quantitative estimate of drug-likeness (QED) is 0.504. The van der Waals surface area contributed by atoms with Gasteiger partial charge in [-0.1, -0.05) is 30.3 Å². The minimum atomic E-state index is -1.14. The molecule has 2 fully saturated rings. The second-order valence-corrected chi connectivity index (χ2v) is 7.80. The number of aliphatic hydroxyl groups excluding tert-OH is 2. The molecule has 10 heteroatoms. The Labute approximate surface area is 178 Å². The van der Waals surface area contributed by atoms with Crippen molar-refractivity contribution in [1.29, 1.82) is 0 Å². The third kappa shape index (κ3) is 4.12. The molecule has 4 heterocycles. The summed E-state index contributed by atoms with van der Waals surface area (Å²) >= 11 is 0. The summed E-state index contributed by atoms with van der Waals surface area (Å²) in [6.07, 6.45) is 0.151. The fraction of sp³-hybridized carbons (Fsp3) is 0.476. The average molecular weight is 427 g/mol. The zero-order chi connectivity index (χ0) is 21.2. The first-order chi connectivity index (χ1) is 15.2. The van der Waals surface area contributed by atoms with Crippen LogP contribution in [0.1, 0.15) is 18.2 Å². The summed E-state index contributed by atoms with van der Waals surface area (Å²) in [6.45, 7) is 1.89. The van der Waals surface area contributed by atoms with Crippen LogP contribution < -0.4 is 5.32 Å². The van der Waals surface area contributed by atoms with Crippen LogP contribution in [0.2, 0.25) is 0 Å². The number of hydrogen-bond donors (Lipinski definition) is 3. The molecule has 2 aliphatic rings. The highest BCUT2D eigenvalue weighted by Crippen LogP contribution is 2.32. The van der Waals surface area contributed by atoms with E-state index < -0.39 is 24.5 Å². The van der Waals surface area contributed by atoms with E-state index in [4.69, 9.17) is 14.2 Å². The molecular formula is C21H25N5O5. The van der Waals surface area contributed by atoms with Crippen LogP contribution >= 0.6 is 0 Å². The van der Waals surface area contributed by atoms with Crippen LogP contribution in [0, 0.1) is 0 Å². The molecule has 31 heavy (non-hydrogen) atoms. The number of aromatic nitrogens is 4. The van der Waals surface area contributed by atoms with Crippen molar-refractivity contribution in [3.8, 4) is 0 Å². The Balaban J connectivity index is 1.29. The van der Waals surface area contributed by atoms with Crippen LogP contribution in [0.15, 0.2) is 43.0 Å². The molecular weight excluding hydrogens is 402 g/mol. The van der Waals surface area contributed by atoms with Crippen LogP contribution in [0.5, 0.6) is 0 Å². The van der Waals surface area contributed by atoms with Crippen molar-refractivity contribution >= 4 is 17.0 Å². The fourth-order valence-corrected chi connectivity index (χ4v) is 3.95. The van der Waals surface area contributed by atoms with Gasteiger partial charge >= 0.3 is 0 Å². The first kappa shape index (κ1) is 20.3. The Hall–Kier alpha value is -2.63. The Morgan fingerprint density at radius 3 is 2.81 bits per heavy atom. The van der Waals surface area contributed by atoms with Crippen molar-refractivity contribution in [2.24, 2.45) is 0 Å². The van der Waals surface area contributed by atoms with Gasteiger partial charge in [0.1, 0.15) is 24.6 Å². The van der Waals surface area contributed by atoms with Gasteiger partial charge in [-0.05, 0) is 12.0 Å². The van der Waals surface area contributed by atoms with Gasteiger partial charge in [-0.3, -0.25) is 4.57 Å². The van der Waals surface area contributed by atoms with E-state index in [1.807, 2.05) is 30.3 Å². The molecule has 2 aromatic heterocycles. The molecule has 2 saturated heterocycles. The van der Waals surface area contributed by atoms with Crippen molar-refractivity contribution in [2.45, 2.75) is 43.6 Å². The molecule has 2 aliphatic heterocycles. The Bertz CT molecular complexity index is 1010. The maximum atomic E-state index is 10.6. The standard InChI is InChI=1S/C21H25N5O5/c27-17-15(10-30-8-13-4-2-1-3-5-13)31-21(18(17)28)26-12-24-16-19(22-11-23-20(16)26)25-14-6-7-29-9-14/h1-5,11-12,14-15,17-18,21,27-28H,6-10H2,(H,22,23,25)/t14?,15-,17-,18-,21?/m1/s1. The molecule has 3 aromatic rings. The van der Waals surface area contributed by atoms with Crippen LogP contribution in [-0.2, 0) is 20.8 Å². The highest BCUT2D eigenvalue weighted by Gasteiger charge is 2.44. The van der Waals surface area contributed by atoms with Gasteiger partial charge in [0.2, 0.25) is 0 Å². The first-order valence-corrected chi connectivity index (χ1v) is 10.4. The van der Waals surface area contributed by atoms with E-state index in [1.165, 1.54) is 6.33 Å². The number of aliphatic hydroxyl groups is 2. The second-order valence-electron chi connectivity index (χ2n) is 7.80. The van der Waals surface area contributed by atoms with Crippen molar-refractivity contribution in [2.75, 3.05) is 25.1 Å². The van der Waals surface area contributed by atoms with Gasteiger partial charge in [0.05, 0.1) is 32.2 Å². The minimum absolute atomic E-state index is 0.153. The molecule has 5 rings (SSSR count). The molecule has 164 valence electrons. The molecule has 0 saturated carbocycles. The highest BCUT2D eigenvalue weighted by molar-refractivity contribution is 5.82. The predicted octanol–water partition coefficient (Wildman–Crippen LogP) is 0.863. The molecule has 1 aromatic carbocycles. The Kier molecular flexibility index (Phi) is 5.79. The monoisotopic (exact) mass is 427 g/mol. The third-order valence-corrected chi connectivity index (χ3v) is 5.63. The zero-order valence-electron chi connectivity index (χ0n) is 16.9. The van der Waals surface area contributed by atoms with Gasteiger partial charge in [0.15, 0.2) is 23.2 Å². The predicted molar refractivity (Wildman–Crippen MR) is 110 cm³/mol. The number of rotatable bonds is 7. The summed E-state index contributed by atoms with van der Waals surface area (Å²) in [6, 6.07) is 9.91. The number of anilines is 1. The third-order valence-electron chi connectivity index (χ3n) is 5.63. The summed E-state index contributed by atoms with van der Waals surface area (Å²) in [7, 11) is 0. The van der Waals surface area contributed by atoms with E-state index in [0.717, 1.165) is 12.0 Å². The van der Waals surface area contributed by atoms with Crippen molar-refractivity contribution < 1.29 is 24.4 Å². The van der Waals surface area contributed by atoms with Gasteiger partial charge in [0, 0.05) is 6.61 Å². The van der Waals surface area contributed by atoms with Crippen LogP contribution in [-0.4, -0.2) is 73.9 Å². The van der Waals surface area contributed by atoms with E-state index in [0.29, 0.717) is 36.8 Å². The smallest absolute Gasteiger partial charge is 0.167 e. The normalized spacial score (nSPS) is 28.4. The molecule has 0 bridgehead atoms. The Morgan fingerprint density at radius 1 is 1.13 bits per heavy atom. The van der Waals surface area contributed by atoms with Crippen LogP contribution in [0.4, 0.5) is 5.82 Å². The number of ether oxygens (including phenoxy) is 3. The molecule has 3 N–H and O–H groups in total. The van der Waals surface area contributed by atoms with Crippen LogP contribution in [0.25, 0.3) is 11.2 Å². The molecule has 0 spiro atoms. The zero-order valence-corrected chi connectivity index (χ0v) is 16.9. The van der Waals surface area contributed by atoms with Gasteiger partial charge in [-0.15, -0.1) is 0 Å². The van der Waals surface area contributed by atoms with E-state index in [2.05, 4.69) is 20.3 Å². The number of hydrogen-bond acceptors (Lipinski definition) is 9. The molecule has 0 amide bonds. The van der Waals surface area contributed by atoms with Gasteiger partial charge in [-0.2, -0.15) is 0 Å². The lowest BCUT2D eigenvalue weighted by Crippen LogP contribution is -2.33. The molecule has 0 radical (unpaired) electrons. The number of nitrogens with one attached hydrogen (secondary N) is 1. The largest absolute Gasteiger partial charge is 0.387 e. The number of imidazole rings is 1. The number of benzene rings is 1. The number of nitrogens with zero attached hydrogens (tertiary/aromatic N) is 4. The van der Waals surface area contributed by atoms with Crippen molar-refractivity contribution in [3.63, 3.8) is 0 Å². The summed E-state index contributed by atoms with van der Waals surface area (Å²) in [5, 5.41) is 24.4. The van der Waals surface area contributed by atoms with Gasteiger partial charge in [0.25, 0.3) is 0 Å². The lowest BCUT2D eigenvalue weighted by Gasteiger charge is -2.17. The SMILES string of the molecule is O[C@@H]1[C@@H](COCc2ccccc2)OC(n2cnc3c(NC4CCOC4)ncnc32)[C@@H]1O. The van der Waals surface area contributed by atoms with Gasteiger partial charge < -0.3 is 29.7 Å². The maximum absolute atomic E-state index is 10.6. The van der Waals surface area contributed by atoms with Crippen molar-refractivity contribution in [3.05, 3.63) is 48.5 Å². The van der Waals surface area contributed by atoms with Crippen LogP contribution in [0.3, 0.4) is 0 Å². The lowest BCUT2D eigenvalue weighted by molar-refractivity contribution is -0.0682. The first-order valence-electron chi connectivity index (χ1n) is 10.4. The topological polar surface area (TPSA) is 124 Å². The number of fused-ring (bicyclic) bond motifs is 1. The fourth-order valence-electron chi connectivity index (χ4n) is 3.95. The summed E-state index contributed by atoms with van der Waals surface area (Å²) in [4.78, 5) is 13.0. The molecule has 10 nitrogen and oxygen atoms in total. The minimum Gasteiger partial charge on any atom is -0.387 e.